The molecule has 2 heteroatoms. The summed E-state index contributed by atoms with van der Waals surface area (Å²) in [5, 5.41) is 11.9. The van der Waals surface area contributed by atoms with Crippen molar-refractivity contribution in [2.24, 2.45) is 5.92 Å². The summed E-state index contributed by atoms with van der Waals surface area (Å²) in [6, 6.07) is 2.72. The normalized spacial score (nSPS) is 23.4. The summed E-state index contributed by atoms with van der Waals surface area (Å²) in [6.45, 7) is 4.12. The second kappa shape index (κ2) is 4.47. The van der Waals surface area contributed by atoms with Gasteiger partial charge in [0.1, 0.15) is 0 Å². The predicted molar refractivity (Wildman–Crippen MR) is 49.6 cm³/mol. The molecule has 1 N–H and O–H groups in total. The Hall–Kier alpha value is -0.550. The molecular formula is C10H18N2. The summed E-state index contributed by atoms with van der Waals surface area (Å²) in [6.07, 6.45) is 5.42. The lowest BCUT2D eigenvalue weighted by Gasteiger charge is -2.21. The zero-order chi connectivity index (χ0) is 8.97. The summed E-state index contributed by atoms with van der Waals surface area (Å²) in [4.78, 5) is 0. The van der Waals surface area contributed by atoms with Gasteiger partial charge in [0.2, 0.25) is 0 Å². The van der Waals surface area contributed by atoms with Gasteiger partial charge in [0.15, 0.2) is 0 Å². The first-order chi connectivity index (χ1) is 5.74. The van der Waals surface area contributed by atoms with Crippen molar-refractivity contribution in [3.8, 4) is 6.07 Å². The maximum absolute atomic E-state index is 8.61. The van der Waals surface area contributed by atoms with Crippen LogP contribution in [0.4, 0.5) is 0 Å². The first-order valence-corrected chi connectivity index (χ1v) is 4.89. The van der Waals surface area contributed by atoms with E-state index in [0.717, 1.165) is 5.92 Å². The second-order valence-corrected chi connectivity index (χ2v) is 3.85. The molecule has 1 fully saturated rings. The van der Waals surface area contributed by atoms with Crippen LogP contribution in [0, 0.1) is 17.2 Å². The minimum absolute atomic E-state index is 0.000556. The minimum Gasteiger partial charge on any atom is -0.299 e. The summed E-state index contributed by atoms with van der Waals surface area (Å²) in [5.74, 6) is 0.806. The fourth-order valence-corrected chi connectivity index (χ4v) is 2.03. The van der Waals surface area contributed by atoms with Crippen molar-refractivity contribution in [3.63, 3.8) is 0 Å². The topological polar surface area (TPSA) is 35.8 Å². The lowest BCUT2D eigenvalue weighted by molar-refractivity contribution is 0.371. The van der Waals surface area contributed by atoms with E-state index in [9.17, 15) is 0 Å². The Morgan fingerprint density at radius 1 is 1.33 bits per heavy atom. The molecule has 0 aromatic rings. The molecule has 1 saturated carbocycles. The van der Waals surface area contributed by atoms with Crippen molar-refractivity contribution in [3.05, 3.63) is 0 Å². The van der Waals surface area contributed by atoms with E-state index in [1.165, 1.54) is 25.7 Å². The molecule has 0 aromatic heterocycles. The molecule has 68 valence electrons. The highest BCUT2D eigenvalue weighted by molar-refractivity contribution is 4.89. The van der Waals surface area contributed by atoms with Crippen LogP contribution in [-0.4, -0.2) is 12.1 Å². The standard InChI is InChI=1S/C10H18N2/c1-8(7-11)12-9(2)10-5-3-4-6-10/h8-10,12H,3-6H2,1-2H3/t8?,9-/m1/s1. The smallest absolute Gasteiger partial charge is 0.0926 e. The summed E-state index contributed by atoms with van der Waals surface area (Å²) < 4.78 is 0. The highest BCUT2D eigenvalue weighted by Crippen LogP contribution is 2.27. The van der Waals surface area contributed by atoms with E-state index in [0.29, 0.717) is 6.04 Å². The van der Waals surface area contributed by atoms with Gasteiger partial charge in [-0.2, -0.15) is 5.26 Å². The summed E-state index contributed by atoms with van der Waals surface area (Å²) in [5.41, 5.74) is 0. The van der Waals surface area contributed by atoms with Crippen molar-refractivity contribution in [2.75, 3.05) is 0 Å². The van der Waals surface area contributed by atoms with Gasteiger partial charge in [-0.25, -0.2) is 0 Å². The molecule has 2 atom stereocenters. The molecule has 2 nitrogen and oxygen atoms in total. The Kier molecular flexibility index (Phi) is 3.55. The van der Waals surface area contributed by atoms with Crippen LogP contribution in [-0.2, 0) is 0 Å². The molecule has 0 spiro atoms. The number of nitriles is 1. The lowest BCUT2D eigenvalue weighted by atomic mass is 9.99. The van der Waals surface area contributed by atoms with Gasteiger partial charge in [0, 0.05) is 6.04 Å². The van der Waals surface area contributed by atoms with Gasteiger partial charge in [-0.15, -0.1) is 0 Å². The molecular weight excluding hydrogens is 148 g/mol. The Labute approximate surface area is 75.0 Å². The van der Waals surface area contributed by atoms with Gasteiger partial charge in [0.05, 0.1) is 12.1 Å². The van der Waals surface area contributed by atoms with Crippen LogP contribution in [0.5, 0.6) is 0 Å². The first kappa shape index (κ1) is 9.54. The largest absolute Gasteiger partial charge is 0.299 e. The van der Waals surface area contributed by atoms with E-state index in [1.807, 2.05) is 6.92 Å². The summed E-state index contributed by atoms with van der Waals surface area (Å²) >= 11 is 0. The Morgan fingerprint density at radius 3 is 2.42 bits per heavy atom. The lowest BCUT2D eigenvalue weighted by Crippen LogP contribution is -2.37. The molecule has 0 bridgehead atoms. The fraction of sp³-hybridized carbons (Fsp3) is 0.900. The van der Waals surface area contributed by atoms with Gasteiger partial charge >= 0.3 is 0 Å². The van der Waals surface area contributed by atoms with E-state index in [2.05, 4.69) is 18.3 Å². The molecule has 1 rings (SSSR count). The minimum atomic E-state index is 0.000556. The Morgan fingerprint density at radius 2 is 1.92 bits per heavy atom. The third-order valence-electron chi connectivity index (χ3n) is 2.81. The van der Waals surface area contributed by atoms with E-state index in [4.69, 9.17) is 5.26 Å². The third kappa shape index (κ3) is 2.49. The van der Waals surface area contributed by atoms with Crippen molar-refractivity contribution in [1.29, 1.82) is 5.26 Å². The number of hydrogen-bond donors (Lipinski definition) is 1. The molecule has 1 aliphatic carbocycles. The van der Waals surface area contributed by atoms with Crippen LogP contribution in [0.3, 0.4) is 0 Å². The maximum Gasteiger partial charge on any atom is 0.0926 e. The van der Waals surface area contributed by atoms with Gasteiger partial charge in [-0.1, -0.05) is 12.8 Å². The average Bonchev–Trinajstić information content (AvgIpc) is 2.56. The van der Waals surface area contributed by atoms with Crippen molar-refractivity contribution in [1.82, 2.24) is 5.32 Å². The van der Waals surface area contributed by atoms with Crippen molar-refractivity contribution >= 4 is 0 Å². The third-order valence-corrected chi connectivity index (χ3v) is 2.81. The summed E-state index contributed by atoms with van der Waals surface area (Å²) in [7, 11) is 0. The van der Waals surface area contributed by atoms with E-state index in [1.54, 1.807) is 0 Å². The fourth-order valence-electron chi connectivity index (χ4n) is 2.03. The molecule has 0 aliphatic heterocycles. The average molecular weight is 166 g/mol. The first-order valence-electron chi connectivity index (χ1n) is 4.89. The zero-order valence-corrected chi connectivity index (χ0v) is 8.01. The molecule has 1 unspecified atom stereocenters. The zero-order valence-electron chi connectivity index (χ0n) is 8.01. The van der Waals surface area contributed by atoms with Gasteiger partial charge in [-0.05, 0) is 32.6 Å². The van der Waals surface area contributed by atoms with Crippen molar-refractivity contribution in [2.45, 2.75) is 51.6 Å². The van der Waals surface area contributed by atoms with Crippen LogP contribution < -0.4 is 5.32 Å². The molecule has 0 heterocycles. The highest BCUT2D eigenvalue weighted by Gasteiger charge is 2.21. The Bertz CT molecular complexity index is 165. The van der Waals surface area contributed by atoms with Gasteiger partial charge in [0.25, 0.3) is 0 Å². The van der Waals surface area contributed by atoms with Gasteiger partial charge in [-0.3, -0.25) is 5.32 Å². The predicted octanol–water partition coefficient (Wildman–Crippen LogP) is 2.07. The van der Waals surface area contributed by atoms with Crippen LogP contribution >= 0.6 is 0 Å². The van der Waals surface area contributed by atoms with Crippen LogP contribution in [0.15, 0.2) is 0 Å². The molecule has 12 heavy (non-hydrogen) atoms. The highest BCUT2D eigenvalue weighted by atomic mass is 14.9. The number of nitrogens with one attached hydrogen (secondary N) is 1. The quantitative estimate of drug-likeness (QED) is 0.696. The van der Waals surface area contributed by atoms with Crippen LogP contribution in [0.2, 0.25) is 0 Å². The van der Waals surface area contributed by atoms with Crippen LogP contribution in [0.25, 0.3) is 0 Å². The van der Waals surface area contributed by atoms with Gasteiger partial charge < -0.3 is 0 Å². The molecule has 1 aliphatic rings. The molecule has 0 radical (unpaired) electrons. The monoisotopic (exact) mass is 166 g/mol. The molecule has 0 amide bonds. The molecule has 0 saturated heterocycles. The number of hydrogen-bond acceptors (Lipinski definition) is 2. The van der Waals surface area contributed by atoms with E-state index < -0.39 is 0 Å². The second-order valence-electron chi connectivity index (χ2n) is 3.85. The maximum atomic E-state index is 8.61. The van der Waals surface area contributed by atoms with E-state index >= 15 is 0 Å². The number of nitrogens with zero attached hydrogens (tertiary/aromatic N) is 1. The van der Waals surface area contributed by atoms with Crippen LogP contribution in [0.1, 0.15) is 39.5 Å². The number of rotatable bonds is 3. The van der Waals surface area contributed by atoms with Crippen molar-refractivity contribution < 1.29 is 0 Å². The molecule has 0 aromatic carbocycles. The SMILES string of the molecule is CC(C#N)N[C@H](C)C1CCCC1. The Balaban J connectivity index is 2.27. The van der Waals surface area contributed by atoms with E-state index in [-0.39, 0.29) is 6.04 Å².